The van der Waals surface area contributed by atoms with E-state index in [0.717, 1.165) is 18.9 Å². The number of hydrogen-bond acceptors (Lipinski definition) is 7. The Balaban J connectivity index is 1.50. The summed E-state index contributed by atoms with van der Waals surface area (Å²) in [6.45, 7) is 4.29. The Morgan fingerprint density at radius 1 is 1.19 bits per heavy atom. The predicted molar refractivity (Wildman–Crippen MR) is 121 cm³/mol. The maximum atomic E-state index is 13.3. The molecule has 1 aliphatic rings. The Morgan fingerprint density at radius 3 is 2.84 bits per heavy atom. The van der Waals surface area contributed by atoms with Crippen LogP contribution in [0.3, 0.4) is 0 Å². The van der Waals surface area contributed by atoms with E-state index < -0.39 is 5.95 Å². The summed E-state index contributed by atoms with van der Waals surface area (Å²) in [6.07, 6.45) is 4.88. The minimum atomic E-state index is -0.565. The van der Waals surface area contributed by atoms with Gasteiger partial charge in [-0.1, -0.05) is 0 Å². The number of nitrogens with one attached hydrogen (secondary N) is 2. The van der Waals surface area contributed by atoms with E-state index in [1.54, 1.807) is 30.6 Å². The number of morpholine rings is 1. The Hall–Kier alpha value is -3.85. The average Bonchev–Trinajstić information content (AvgIpc) is 2.80. The SMILES string of the molecule is C[C@@H]1CN(c2ccc(Nc3nc(-c4ccc(F)nc4)cc4cc[nH]c(=O)c34)cn2)CCO1. The van der Waals surface area contributed by atoms with Crippen LogP contribution in [0.4, 0.5) is 21.7 Å². The second-order valence-corrected chi connectivity index (χ2v) is 7.65. The fraction of sp³-hybridized carbons (Fsp3) is 0.217. The standard InChI is InChI=1S/C23H21FN6O2/c1-14-13-30(8-9-32-14)20-5-3-17(12-27-20)28-22-21-15(6-7-25-23(21)31)10-18(29-22)16-2-4-19(24)26-11-16/h2-7,10-12,14H,8-9,13H2,1H3,(H,25,31)(H,28,29)/t14-/m1/s1. The van der Waals surface area contributed by atoms with Gasteiger partial charge in [0.05, 0.1) is 35.7 Å². The number of anilines is 3. The third-order valence-corrected chi connectivity index (χ3v) is 5.35. The molecular weight excluding hydrogens is 411 g/mol. The highest BCUT2D eigenvalue weighted by Gasteiger charge is 2.18. The molecule has 0 amide bonds. The fourth-order valence-corrected chi connectivity index (χ4v) is 3.79. The molecule has 2 N–H and O–H groups in total. The van der Waals surface area contributed by atoms with E-state index >= 15 is 0 Å². The average molecular weight is 432 g/mol. The van der Waals surface area contributed by atoms with Crippen LogP contribution in [-0.4, -0.2) is 45.7 Å². The summed E-state index contributed by atoms with van der Waals surface area (Å²) in [4.78, 5) is 30.3. The molecule has 1 fully saturated rings. The van der Waals surface area contributed by atoms with Crippen LogP contribution in [0.5, 0.6) is 0 Å². The van der Waals surface area contributed by atoms with Gasteiger partial charge in [-0.2, -0.15) is 4.39 Å². The molecule has 5 rings (SSSR count). The van der Waals surface area contributed by atoms with Crippen molar-refractivity contribution in [2.45, 2.75) is 13.0 Å². The van der Waals surface area contributed by atoms with Crippen LogP contribution in [-0.2, 0) is 4.74 Å². The van der Waals surface area contributed by atoms with E-state index in [1.165, 1.54) is 12.3 Å². The van der Waals surface area contributed by atoms with Crippen molar-refractivity contribution in [2.75, 3.05) is 29.9 Å². The first kappa shape index (κ1) is 20.1. The number of halogens is 1. The summed E-state index contributed by atoms with van der Waals surface area (Å²) in [5, 5.41) is 4.35. The van der Waals surface area contributed by atoms with Gasteiger partial charge in [0.25, 0.3) is 5.56 Å². The van der Waals surface area contributed by atoms with Gasteiger partial charge in [-0.3, -0.25) is 4.79 Å². The highest BCUT2D eigenvalue weighted by Crippen LogP contribution is 2.28. The second kappa shape index (κ2) is 8.35. The first-order valence-electron chi connectivity index (χ1n) is 10.3. The van der Waals surface area contributed by atoms with Gasteiger partial charge in [0.15, 0.2) is 0 Å². The van der Waals surface area contributed by atoms with Crippen molar-refractivity contribution < 1.29 is 9.13 Å². The second-order valence-electron chi connectivity index (χ2n) is 7.65. The molecule has 0 aliphatic carbocycles. The van der Waals surface area contributed by atoms with Crippen LogP contribution >= 0.6 is 0 Å². The van der Waals surface area contributed by atoms with Crippen LogP contribution in [0.15, 0.2) is 59.8 Å². The molecule has 0 radical (unpaired) electrons. The summed E-state index contributed by atoms with van der Waals surface area (Å²) in [5.41, 5.74) is 1.66. The van der Waals surface area contributed by atoms with Crippen LogP contribution in [0.2, 0.25) is 0 Å². The van der Waals surface area contributed by atoms with Crippen molar-refractivity contribution in [1.29, 1.82) is 0 Å². The largest absolute Gasteiger partial charge is 0.375 e. The number of ether oxygens (including phenoxy) is 1. The molecule has 4 aromatic heterocycles. The van der Waals surface area contributed by atoms with Crippen LogP contribution in [0.25, 0.3) is 22.0 Å². The Bertz CT molecular complexity index is 1310. The molecule has 162 valence electrons. The minimum absolute atomic E-state index is 0.161. The van der Waals surface area contributed by atoms with Crippen molar-refractivity contribution in [2.24, 2.45) is 0 Å². The zero-order valence-electron chi connectivity index (χ0n) is 17.4. The third kappa shape index (κ3) is 4.02. The van der Waals surface area contributed by atoms with Gasteiger partial charge in [0.1, 0.15) is 11.6 Å². The maximum absolute atomic E-state index is 13.3. The smallest absolute Gasteiger partial charge is 0.259 e. The number of H-pyrrole nitrogens is 1. The molecular formula is C23H21FN6O2. The van der Waals surface area contributed by atoms with Crippen molar-refractivity contribution in [1.82, 2.24) is 19.9 Å². The first-order chi connectivity index (χ1) is 15.6. The molecule has 0 unspecified atom stereocenters. The summed E-state index contributed by atoms with van der Waals surface area (Å²) < 4.78 is 18.8. The molecule has 0 spiro atoms. The van der Waals surface area contributed by atoms with E-state index in [9.17, 15) is 9.18 Å². The van der Waals surface area contributed by atoms with E-state index in [1.807, 2.05) is 19.1 Å². The molecule has 0 bridgehead atoms. The van der Waals surface area contributed by atoms with Crippen LogP contribution in [0.1, 0.15) is 6.92 Å². The molecule has 0 aromatic carbocycles. The molecule has 9 heteroatoms. The number of rotatable bonds is 4. The van der Waals surface area contributed by atoms with Gasteiger partial charge in [0, 0.05) is 31.0 Å². The zero-order valence-corrected chi connectivity index (χ0v) is 17.4. The van der Waals surface area contributed by atoms with E-state index in [0.29, 0.717) is 40.1 Å². The molecule has 4 aromatic rings. The number of fused-ring (bicyclic) bond motifs is 1. The van der Waals surface area contributed by atoms with Gasteiger partial charge in [-0.05, 0) is 48.7 Å². The minimum Gasteiger partial charge on any atom is -0.375 e. The van der Waals surface area contributed by atoms with Crippen LogP contribution < -0.4 is 15.8 Å². The predicted octanol–water partition coefficient (Wildman–Crippen LogP) is 3.49. The van der Waals surface area contributed by atoms with Crippen molar-refractivity contribution in [3.8, 4) is 11.3 Å². The summed E-state index contributed by atoms with van der Waals surface area (Å²) in [5.74, 6) is 0.691. The molecule has 0 saturated carbocycles. The molecule has 32 heavy (non-hydrogen) atoms. The molecule has 1 atom stereocenters. The Kier molecular flexibility index (Phi) is 5.24. The van der Waals surface area contributed by atoms with Crippen LogP contribution in [0, 0.1) is 5.95 Å². The topological polar surface area (TPSA) is 96.0 Å². The number of pyridine rings is 4. The quantitative estimate of drug-likeness (QED) is 0.477. The van der Waals surface area contributed by atoms with Gasteiger partial charge in [-0.15, -0.1) is 0 Å². The van der Waals surface area contributed by atoms with Gasteiger partial charge >= 0.3 is 0 Å². The highest BCUT2D eigenvalue weighted by molar-refractivity contribution is 5.95. The fourth-order valence-electron chi connectivity index (χ4n) is 3.79. The van der Waals surface area contributed by atoms with Crippen molar-refractivity contribution in [3.63, 3.8) is 0 Å². The Morgan fingerprint density at radius 2 is 2.09 bits per heavy atom. The first-order valence-corrected chi connectivity index (χ1v) is 10.3. The maximum Gasteiger partial charge on any atom is 0.259 e. The lowest BCUT2D eigenvalue weighted by molar-refractivity contribution is 0.0529. The third-order valence-electron chi connectivity index (χ3n) is 5.35. The number of nitrogens with zero attached hydrogens (tertiary/aromatic N) is 4. The molecule has 1 aliphatic heterocycles. The summed E-state index contributed by atoms with van der Waals surface area (Å²) in [7, 11) is 0. The normalized spacial score (nSPS) is 16.3. The van der Waals surface area contributed by atoms with E-state index in [-0.39, 0.29) is 11.7 Å². The summed E-state index contributed by atoms with van der Waals surface area (Å²) >= 11 is 0. The highest BCUT2D eigenvalue weighted by atomic mass is 19.1. The van der Waals surface area contributed by atoms with Crippen molar-refractivity contribution >= 4 is 28.1 Å². The lowest BCUT2D eigenvalue weighted by Gasteiger charge is -2.32. The number of aromatic amines is 1. The van der Waals surface area contributed by atoms with Gasteiger partial charge < -0.3 is 19.9 Å². The molecule has 1 saturated heterocycles. The molecule has 5 heterocycles. The summed E-state index contributed by atoms with van der Waals surface area (Å²) in [6, 6.07) is 10.3. The van der Waals surface area contributed by atoms with E-state index in [4.69, 9.17) is 4.74 Å². The van der Waals surface area contributed by atoms with Crippen molar-refractivity contribution in [3.05, 3.63) is 71.3 Å². The lowest BCUT2D eigenvalue weighted by atomic mass is 10.1. The van der Waals surface area contributed by atoms with Gasteiger partial charge in [0.2, 0.25) is 5.95 Å². The van der Waals surface area contributed by atoms with Gasteiger partial charge in [-0.25, -0.2) is 15.0 Å². The zero-order chi connectivity index (χ0) is 22.1. The lowest BCUT2D eigenvalue weighted by Crippen LogP contribution is -2.41. The number of aromatic nitrogens is 4. The number of hydrogen-bond donors (Lipinski definition) is 2. The monoisotopic (exact) mass is 432 g/mol. The Labute approximate surface area is 183 Å². The molecule has 8 nitrogen and oxygen atoms in total. The van der Waals surface area contributed by atoms with E-state index in [2.05, 4.69) is 30.2 Å².